The molecule has 5 nitrogen and oxygen atoms in total. The zero-order chi connectivity index (χ0) is 15.6. The number of hydrogen-bond donors (Lipinski definition) is 1. The van der Waals surface area contributed by atoms with E-state index in [1.54, 1.807) is 19.9 Å². The van der Waals surface area contributed by atoms with Crippen molar-refractivity contribution < 1.29 is 13.5 Å². The summed E-state index contributed by atoms with van der Waals surface area (Å²) in [6.07, 6.45) is 0.949. The van der Waals surface area contributed by atoms with Crippen molar-refractivity contribution in [2.45, 2.75) is 37.7 Å². The number of nitrogens with zero attached hydrogens (tertiary/aromatic N) is 2. The average molecular weight is 308 g/mol. The lowest BCUT2D eigenvalue weighted by molar-refractivity contribution is 0.0912. The lowest BCUT2D eigenvalue weighted by Crippen LogP contribution is -2.40. The maximum atomic E-state index is 12.7. The Kier molecular flexibility index (Phi) is 4.67. The molecule has 114 valence electrons. The van der Waals surface area contributed by atoms with E-state index in [-0.39, 0.29) is 10.8 Å². The first kappa shape index (κ1) is 16.0. The quantitative estimate of drug-likeness (QED) is 0.920. The van der Waals surface area contributed by atoms with E-state index >= 15 is 0 Å². The van der Waals surface area contributed by atoms with Crippen LogP contribution in [0.2, 0.25) is 0 Å². The predicted octanol–water partition coefficient (Wildman–Crippen LogP) is 1.65. The van der Waals surface area contributed by atoms with Gasteiger partial charge in [-0.15, -0.1) is 0 Å². The Balaban J connectivity index is 2.22. The molecule has 0 radical (unpaired) electrons. The third-order valence-electron chi connectivity index (χ3n) is 4.10. The summed E-state index contributed by atoms with van der Waals surface area (Å²) in [4.78, 5) is 0.261. The largest absolute Gasteiger partial charge is 0.393 e. The zero-order valence-corrected chi connectivity index (χ0v) is 13.1. The van der Waals surface area contributed by atoms with E-state index in [9.17, 15) is 13.5 Å². The first-order chi connectivity index (χ1) is 9.86. The molecule has 1 N–H and O–H groups in total. The van der Waals surface area contributed by atoms with Crippen LogP contribution in [0.1, 0.15) is 30.9 Å². The summed E-state index contributed by atoms with van der Waals surface area (Å²) < 4.78 is 26.8. The summed E-state index contributed by atoms with van der Waals surface area (Å²) in [7, 11) is -3.52. The smallest absolute Gasteiger partial charge is 0.243 e. The van der Waals surface area contributed by atoms with Crippen molar-refractivity contribution in [2.75, 3.05) is 13.1 Å². The highest BCUT2D eigenvalue weighted by atomic mass is 32.2. The van der Waals surface area contributed by atoms with Gasteiger partial charge in [-0.3, -0.25) is 0 Å². The molecule has 0 bridgehead atoms. The number of hydrogen-bond acceptors (Lipinski definition) is 4. The van der Waals surface area contributed by atoms with Crippen LogP contribution in [0.5, 0.6) is 0 Å². The molecule has 1 fully saturated rings. The highest BCUT2D eigenvalue weighted by molar-refractivity contribution is 7.89. The lowest BCUT2D eigenvalue weighted by Gasteiger charge is -2.32. The summed E-state index contributed by atoms with van der Waals surface area (Å²) in [5.74, 6) is 0.165. The Labute approximate surface area is 125 Å². The van der Waals surface area contributed by atoms with Gasteiger partial charge in [-0.1, -0.05) is 0 Å². The van der Waals surface area contributed by atoms with Gasteiger partial charge in [-0.2, -0.15) is 9.57 Å². The fourth-order valence-corrected chi connectivity index (χ4v) is 4.42. The van der Waals surface area contributed by atoms with Gasteiger partial charge in [0.15, 0.2) is 0 Å². The van der Waals surface area contributed by atoms with Crippen LogP contribution in [0.25, 0.3) is 0 Å². The molecule has 0 spiro atoms. The number of rotatable bonds is 3. The Bertz CT molecular complexity index is 654. The summed E-state index contributed by atoms with van der Waals surface area (Å²) in [5.41, 5.74) is 1.05. The van der Waals surface area contributed by atoms with Crippen molar-refractivity contribution >= 4 is 10.0 Å². The van der Waals surface area contributed by atoms with Crippen LogP contribution in [0.3, 0.4) is 0 Å². The van der Waals surface area contributed by atoms with Crippen LogP contribution >= 0.6 is 0 Å². The van der Waals surface area contributed by atoms with Crippen molar-refractivity contribution in [3.63, 3.8) is 0 Å². The highest BCUT2D eigenvalue weighted by Gasteiger charge is 2.31. The monoisotopic (exact) mass is 308 g/mol. The number of piperidine rings is 1. The molecule has 1 saturated heterocycles. The third-order valence-corrected chi connectivity index (χ3v) is 6.16. The number of nitriles is 1. The first-order valence-electron chi connectivity index (χ1n) is 7.05. The van der Waals surface area contributed by atoms with Crippen LogP contribution in [0, 0.1) is 24.2 Å². The summed E-state index contributed by atoms with van der Waals surface area (Å²) in [6, 6.07) is 6.63. The van der Waals surface area contributed by atoms with E-state index in [2.05, 4.69) is 0 Å². The number of sulfonamides is 1. The molecule has 6 heteroatoms. The second kappa shape index (κ2) is 6.14. The first-order valence-corrected chi connectivity index (χ1v) is 8.49. The molecule has 1 aliphatic heterocycles. The SMILES string of the molecule is Cc1cc(C#N)ccc1S(=O)(=O)N1CCC(C(C)O)CC1. The van der Waals surface area contributed by atoms with E-state index in [0.717, 1.165) is 0 Å². The Morgan fingerprint density at radius 2 is 2.00 bits per heavy atom. The molecule has 1 aromatic carbocycles. The molecule has 2 rings (SSSR count). The molecule has 1 unspecified atom stereocenters. The molecular weight excluding hydrogens is 288 g/mol. The van der Waals surface area contributed by atoms with E-state index in [1.807, 2.05) is 6.07 Å². The van der Waals surface area contributed by atoms with Gasteiger partial charge in [0.05, 0.1) is 22.6 Å². The van der Waals surface area contributed by atoms with Gasteiger partial charge in [-0.05, 0) is 56.4 Å². The second-order valence-corrected chi connectivity index (χ2v) is 7.48. The topological polar surface area (TPSA) is 81.4 Å². The summed E-state index contributed by atoms with van der Waals surface area (Å²) >= 11 is 0. The third kappa shape index (κ3) is 3.26. The number of aliphatic hydroxyl groups excluding tert-OH is 1. The lowest BCUT2D eigenvalue weighted by atomic mass is 9.93. The van der Waals surface area contributed by atoms with Gasteiger partial charge >= 0.3 is 0 Å². The minimum Gasteiger partial charge on any atom is -0.393 e. The standard InChI is InChI=1S/C15H20N2O3S/c1-11-9-13(10-16)3-4-15(11)21(19,20)17-7-5-14(6-8-17)12(2)18/h3-4,9,12,14,18H,5-8H2,1-2H3. The minimum atomic E-state index is -3.52. The molecule has 1 aromatic rings. The maximum absolute atomic E-state index is 12.7. The van der Waals surface area contributed by atoms with Crippen LogP contribution < -0.4 is 0 Å². The van der Waals surface area contributed by atoms with Crippen LogP contribution in [0.15, 0.2) is 23.1 Å². The summed E-state index contributed by atoms with van der Waals surface area (Å²) in [6.45, 7) is 4.31. The Morgan fingerprint density at radius 1 is 1.38 bits per heavy atom. The van der Waals surface area contributed by atoms with Crippen molar-refractivity contribution in [3.8, 4) is 6.07 Å². The van der Waals surface area contributed by atoms with Crippen molar-refractivity contribution in [3.05, 3.63) is 29.3 Å². The van der Waals surface area contributed by atoms with Crippen molar-refractivity contribution in [1.29, 1.82) is 5.26 Å². The average Bonchev–Trinajstić information content (AvgIpc) is 2.46. The molecule has 1 aliphatic rings. The molecule has 1 heterocycles. The molecule has 1 atom stereocenters. The number of aliphatic hydroxyl groups is 1. The highest BCUT2D eigenvalue weighted by Crippen LogP contribution is 2.27. The maximum Gasteiger partial charge on any atom is 0.243 e. The molecule has 0 aromatic heterocycles. The molecule has 0 saturated carbocycles. The fraction of sp³-hybridized carbons (Fsp3) is 0.533. The molecule has 0 aliphatic carbocycles. The van der Waals surface area contributed by atoms with E-state index < -0.39 is 16.1 Å². The van der Waals surface area contributed by atoms with E-state index in [0.29, 0.717) is 37.1 Å². The van der Waals surface area contributed by atoms with Gasteiger partial charge in [0, 0.05) is 13.1 Å². The Hall–Kier alpha value is -1.42. The van der Waals surface area contributed by atoms with Gasteiger partial charge in [0.2, 0.25) is 10.0 Å². The van der Waals surface area contributed by atoms with Crippen molar-refractivity contribution in [2.24, 2.45) is 5.92 Å². The van der Waals surface area contributed by atoms with Crippen LogP contribution in [-0.4, -0.2) is 37.0 Å². The molecule has 0 amide bonds. The van der Waals surface area contributed by atoms with Gasteiger partial charge in [0.1, 0.15) is 0 Å². The fourth-order valence-electron chi connectivity index (χ4n) is 2.75. The zero-order valence-electron chi connectivity index (χ0n) is 12.3. The van der Waals surface area contributed by atoms with Gasteiger partial charge < -0.3 is 5.11 Å². The molecule has 21 heavy (non-hydrogen) atoms. The normalized spacial score (nSPS) is 19.1. The Morgan fingerprint density at radius 3 is 2.48 bits per heavy atom. The predicted molar refractivity (Wildman–Crippen MR) is 79.1 cm³/mol. The number of benzene rings is 1. The van der Waals surface area contributed by atoms with E-state index in [1.165, 1.54) is 16.4 Å². The number of aryl methyl sites for hydroxylation is 1. The molecular formula is C15H20N2O3S. The minimum absolute atomic E-state index is 0.165. The second-order valence-electron chi connectivity index (χ2n) is 5.57. The van der Waals surface area contributed by atoms with Crippen LogP contribution in [-0.2, 0) is 10.0 Å². The van der Waals surface area contributed by atoms with Gasteiger partial charge in [-0.25, -0.2) is 8.42 Å². The van der Waals surface area contributed by atoms with Crippen molar-refractivity contribution in [1.82, 2.24) is 4.31 Å². The van der Waals surface area contributed by atoms with Gasteiger partial charge in [0.25, 0.3) is 0 Å². The van der Waals surface area contributed by atoms with E-state index in [4.69, 9.17) is 5.26 Å². The summed E-state index contributed by atoms with van der Waals surface area (Å²) in [5, 5.41) is 18.4. The van der Waals surface area contributed by atoms with Crippen LogP contribution in [0.4, 0.5) is 0 Å².